The first kappa shape index (κ1) is 28.3. The summed E-state index contributed by atoms with van der Waals surface area (Å²) in [7, 11) is 2.22. The molecule has 2 saturated heterocycles. The molecule has 8 heteroatoms. The van der Waals surface area contributed by atoms with Crippen molar-refractivity contribution in [2.75, 3.05) is 72.6 Å². The van der Waals surface area contributed by atoms with E-state index in [2.05, 4.69) is 77.4 Å². The van der Waals surface area contributed by atoms with Crippen LogP contribution in [0.15, 0.2) is 29.3 Å². The third-order valence-electron chi connectivity index (χ3n) is 6.56. The number of halogens is 1. The molecule has 0 bridgehead atoms. The van der Waals surface area contributed by atoms with Gasteiger partial charge in [0.15, 0.2) is 5.96 Å². The summed E-state index contributed by atoms with van der Waals surface area (Å²) in [4.78, 5) is 12.3. The third kappa shape index (κ3) is 9.68. The molecule has 2 N–H and O–H groups in total. The lowest BCUT2D eigenvalue weighted by Gasteiger charge is -2.41. The van der Waals surface area contributed by atoms with Gasteiger partial charge in [0.25, 0.3) is 0 Å². The van der Waals surface area contributed by atoms with E-state index in [1.54, 1.807) is 0 Å². The van der Waals surface area contributed by atoms with Gasteiger partial charge in [-0.15, -0.1) is 24.0 Å². The molecular weight excluding hydrogens is 527 g/mol. The van der Waals surface area contributed by atoms with Gasteiger partial charge in [0.05, 0.1) is 19.8 Å². The van der Waals surface area contributed by atoms with E-state index in [0.717, 1.165) is 65.0 Å². The maximum absolute atomic E-state index is 5.50. The number of likely N-dealkylation sites (N-methyl/N-ethyl adjacent to an activating group) is 1. The van der Waals surface area contributed by atoms with E-state index in [-0.39, 0.29) is 29.5 Å². The minimum Gasteiger partial charge on any atom is -0.379 e. The van der Waals surface area contributed by atoms with Crippen molar-refractivity contribution in [2.45, 2.75) is 45.8 Å². The molecule has 1 aromatic carbocycles. The molecule has 0 amide bonds. The Morgan fingerprint density at radius 2 is 1.67 bits per heavy atom. The van der Waals surface area contributed by atoms with Crippen LogP contribution in [0.5, 0.6) is 0 Å². The molecule has 0 atom stereocenters. The predicted octanol–water partition coefficient (Wildman–Crippen LogP) is 2.61. The van der Waals surface area contributed by atoms with Gasteiger partial charge in [-0.3, -0.25) is 9.80 Å². The topological polar surface area (TPSA) is 55.4 Å². The molecule has 188 valence electrons. The van der Waals surface area contributed by atoms with Gasteiger partial charge in [-0.25, -0.2) is 4.99 Å². The van der Waals surface area contributed by atoms with Gasteiger partial charge in [0.2, 0.25) is 0 Å². The molecule has 0 aliphatic carbocycles. The normalized spacial score (nSPS) is 19.6. The Kier molecular flexibility index (Phi) is 12.4. The fourth-order valence-corrected chi connectivity index (χ4v) is 4.36. The second-order valence-electron chi connectivity index (χ2n) is 9.71. The Bertz CT molecular complexity index is 705. The monoisotopic (exact) mass is 572 g/mol. The largest absolute Gasteiger partial charge is 0.379 e. The molecule has 0 radical (unpaired) electrons. The zero-order valence-corrected chi connectivity index (χ0v) is 23.4. The van der Waals surface area contributed by atoms with Crippen LogP contribution in [0.2, 0.25) is 0 Å². The summed E-state index contributed by atoms with van der Waals surface area (Å²) >= 11 is 0. The van der Waals surface area contributed by atoms with Crippen molar-refractivity contribution in [2.24, 2.45) is 4.99 Å². The minimum atomic E-state index is 0. The van der Waals surface area contributed by atoms with Crippen LogP contribution in [0, 0.1) is 0 Å². The second-order valence-corrected chi connectivity index (χ2v) is 9.71. The van der Waals surface area contributed by atoms with E-state index < -0.39 is 0 Å². The van der Waals surface area contributed by atoms with E-state index in [1.165, 1.54) is 30.6 Å². The quantitative estimate of drug-likeness (QED) is 0.284. The maximum atomic E-state index is 5.50. The SMILES string of the molecule is CCNC(=NCc1ccc(CN2CCCN(C)CC2)cc1)NCC(C)(C)N1CCOCC1.I. The number of hydrogen-bond acceptors (Lipinski definition) is 5. The molecule has 0 spiro atoms. The highest BCUT2D eigenvalue weighted by Gasteiger charge is 2.28. The van der Waals surface area contributed by atoms with E-state index in [1.807, 2.05) is 0 Å². The molecule has 2 aliphatic rings. The van der Waals surface area contributed by atoms with E-state index >= 15 is 0 Å². The lowest BCUT2D eigenvalue weighted by molar-refractivity contribution is -0.00834. The lowest BCUT2D eigenvalue weighted by atomic mass is 10.0. The molecule has 0 aromatic heterocycles. The molecular formula is C25H45IN6O. The van der Waals surface area contributed by atoms with Gasteiger partial charge in [-0.1, -0.05) is 24.3 Å². The Hall–Kier alpha value is -0.940. The zero-order chi connectivity index (χ0) is 22.8. The lowest BCUT2D eigenvalue weighted by Crippen LogP contribution is -2.56. The number of rotatable bonds is 8. The molecule has 0 unspecified atom stereocenters. The van der Waals surface area contributed by atoms with Gasteiger partial charge in [-0.2, -0.15) is 0 Å². The van der Waals surface area contributed by atoms with Gasteiger partial charge < -0.3 is 20.3 Å². The number of guanidine groups is 1. The van der Waals surface area contributed by atoms with Crippen molar-refractivity contribution in [3.63, 3.8) is 0 Å². The van der Waals surface area contributed by atoms with Crippen molar-refractivity contribution in [3.05, 3.63) is 35.4 Å². The molecule has 2 heterocycles. The molecule has 1 aromatic rings. The number of ether oxygens (including phenoxy) is 1. The summed E-state index contributed by atoms with van der Waals surface area (Å²) in [5.41, 5.74) is 2.69. The minimum absolute atomic E-state index is 0. The number of morpholine rings is 1. The van der Waals surface area contributed by atoms with Crippen molar-refractivity contribution in [3.8, 4) is 0 Å². The van der Waals surface area contributed by atoms with Crippen molar-refractivity contribution in [1.82, 2.24) is 25.3 Å². The number of hydrogen-bond donors (Lipinski definition) is 2. The Labute approximate surface area is 218 Å². The van der Waals surface area contributed by atoms with Gasteiger partial charge in [0, 0.05) is 51.4 Å². The highest BCUT2D eigenvalue weighted by Crippen LogP contribution is 2.15. The van der Waals surface area contributed by atoms with Gasteiger partial charge >= 0.3 is 0 Å². The number of nitrogens with one attached hydrogen (secondary N) is 2. The smallest absolute Gasteiger partial charge is 0.191 e. The molecule has 2 aliphatic heterocycles. The molecule has 2 fully saturated rings. The van der Waals surface area contributed by atoms with Gasteiger partial charge in [-0.05, 0) is 58.5 Å². The van der Waals surface area contributed by atoms with Crippen molar-refractivity contribution < 1.29 is 4.74 Å². The van der Waals surface area contributed by atoms with Crippen LogP contribution in [0.25, 0.3) is 0 Å². The van der Waals surface area contributed by atoms with Gasteiger partial charge in [0.1, 0.15) is 0 Å². The Morgan fingerprint density at radius 1 is 0.970 bits per heavy atom. The molecule has 33 heavy (non-hydrogen) atoms. The average molecular weight is 573 g/mol. The van der Waals surface area contributed by atoms with Crippen molar-refractivity contribution >= 4 is 29.9 Å². The zero-order valence-electron chi connectivity index (χ0n) is 21.1. The molecule has 3 rings (SSSR count). The number of nitrogens with zero attached hydrogens (tertiary/aromatic N) is 4. The average Bonchev–Trinajstić information content (AvgIpc) is 3.01. The first-order chi connectivity index (χ1) is 15.5. The summed E-state index contributed by atoms with van der Waals surface area (Å²) in [5, 5.41) is 6.94. The fourth-order valence-electron chi connectivity index (χ4n) is 4.36. The fraction of sp³-hybridized carbons (Fsp3) is 0.720. The first-order valence-electron chi connectivity index (χ1n) is 12.3. The summed E-state index contributed by atoms with van der Waals surface area (Å²) < 4.78 is 5.50. The summed E-state index contributed by atoms with van der Waals surface area (Å²) in [6.45, 7) is 18.4. The highest BCUT2D eigenvalue weighted by atomic mass is 127. The molecule has 0 saturated carbocycles. The van der Waals surface area contributed by atoms with E-state index in [9.17, 15) is 0 Å². The summed E-state index contributed by atoms with van der Waals surface area (Å²) in [6.07, 6.45) is 1.26. The number of benzene rings is 1. The first-order valence-corrected chi connectivity index (χ1v) is 12.3. The molecule has 7 nitrogen and oxygen atoms in total. The van der Waals surface area contributed by atoms with Crippen LogP contribution in [0.3, 0.4) is 0 Å². The van der Waals surface area contributed by atoms with Crippen LogP contribution in [0.4, 0.5) is 0 Å². The Balaban J connectivity index is 0.00000385. The third-order valence-corrected chi connectivity index (χ3v) is 6.56. The van der Waals surface area contributed by atoms with E-state index in [4.69, 9.17) is 9.73 Å². The van der Waals surface area contributed by atoms with Crippen LogP contribution in [-0.4, -0.2) is 98.8 Å². The van der Waals surface area contributed by atoms with Crippen LogP contribution in [0.1, 0.15) is 38.3 Å². The highest BCUT2D eigenvalue weighted by molar-refractivity contribution is 14.0. The summed E-state index contributed by atoms with van der Waals surface area (Å²) in [6, 6.07) is 8.98. The summed E-state index contributed by atoms with van der Waals surface area (Å²) in [5.74, 6) is 0.881. The second kappa shape index (κ2) is 14.5. The van der Waals surface area contributed by atoms with Crippen LogP contribution < -0.4 is 10.6 Å². The van der Waals surface area contributed by atoms with E-state index in [0.29, 0.717) is 6.54 Å². The Morgan fingerprint density at radius 3 is 2.36 bits per heavy atom. The predicted molar refractivity (Wildman–Crippen MR) is 149 cm³/mol. The van der Waals surface area contributed by atoms with Crippen LogP contribution >= 0.6 is 24.0 Å². The number of aliphatic imine (C=N–C) groups is 1. The maximum Gasteiger partial charge on any atom is 0.191 e. The van der Waals surface area contributed by atoms with Crippen LogP contribution in [-0.2, 0) is 17.8 Å². The standard InChI is InChI=1S/C25H44N6O.HI/c1-5-26-24(28-21-25(2,3)31-15-17-32-18-16-31)27-19-22-7-9-23(10-8-22)20-30-12-6-11-29(4)13-14-30;/h7-10H,5-6,11-21H2,1-4H3,(H2,26,27,28);1H. The van der Waals surface area contributed by atoms with Crippen molar-refractivity contribution in [1.29, 1.82) is 0 Å².